The van der Waals surface area contributed by atoms with Gasteiger partial charge in [0.15, 0.2) is 0 Å². The maximum atomic E-state index is 12.7. The van der Waals surface area contributed by atoms with Crippen molar-refractivity contribution in [2.24, 2.45) is 0 Å². The number of nitrogen functional groups attached to an aromatic ring is 2. The third kappa shape index (κ3) is 3.06. The molecule has 1 fully saturated rings. The fourth-order valence-electron chi connectivity index (χ4n) is 2.75. The Hall–Kier alpha value is -2.57. The van der Waals surface area contributed by atoms with Crippen molar-refractivity contribution in [1.82, 2.24) is 9.97 Å². The molecule has 24 heavy (non-hydrogen) atoms. The topological polar surface area (TPSA) is 77.8 Å². The van der Waals surface area contributed by atoms with E-state index in [1.54, 1.807) is 6.92 Å². The SMILES string of the molecule is Cc1nc(N)nc(N)c1C=CC1(c2ccc(C(F)(F)F)cc2)CC1. The van der Waals surface area contributed by atoms with Crippen LogP contribution < -0.4 is 11.5 Å². The lowest BCUT2D eigenvalue weighted by Gasteiger charge is -2.13. The van der Waals surface area contributed by atoms with Crippen molar-refractivity contribution in [3.63, 3.8) is 0 Å². The molecule has 1 saturated carbocycles. The van der Waals surface area contributed by atoms with Crippen LogP contribution in [0, 0.1) is 6.92 Å². The number of aromatic nitrogens is 2. The molecule has 1 aromatic carbocycles. The van der Waals surface area contributed by atoms with Crippen LogP contribution in [0.4, 0.5) is 24.9 Å². The summed E-state index contributed by atoms with van der Waals surface area (Å²) >= 11 is 0. The maximum Gasteiger partial charge on any atom is 0.416 e. The molecule has 0 aliphatic heterocycles. The summed E-state index contributed by atoms with van der Waals surface area (Å²) in [7, 11) is 0. The molecule has 3 rings (SSSR count). The lowest BCUT2D eigenvalue weighted by Crippen LogP contribution is -2.08. The fraction of sp³-hybridized carbons (Fsp3) is 0.294. The van der Waals surface area contributed by atoms with Crippen molar-refractivity contribution in [1.29, 1.82) is 0 Å². The van der Waals surface area contributed by atoms with Gasteiger partial charge >= 0.3 is 6.18 Å². The number of nitrogens with zero attached hydrogens (tertiary/aromatic N) is 2. The molecule has 1 aliphatic rings. The minimum absolute atomic E-state index is 0.117. The molecule has 4 N–H and O–H groups in total. The number of hydrogen-bond acceptors (Lipinski definition) is 4. The predicted octanol–water partition coefficient (Wildman–Crippen LogP) is 3.71. The molecule has 0 saturated heterocycles. The zero-order chi connectivity index (χ0) is 17.5. The Morgan fingerprint density at radius 1 is 1.08 bits per heavy atom. The van der Waals surface area contributed by atoms with E-state index in [0.717, 1.165) is 30.5 Å². The Morgan fingerprint density at radius 2 is 1.71 bits per heavy atom. The quantitative estimate of drug-likeness (QED) is 0.897. The number of aryl methyl sites for hydroxylation is 1. The summed E-state index contributed by atoms with van der Waals surface area (Å²) in [5.74, 6) is 0.408. The summed E-state index contributed by atoms with van der Waals surface area (Å²) in [6.07, 6.45) is 1.23. The summed E-state index contributed by atoms with van der Waals surface area (Å²) in [6.45, 7) is 1.78. The van der Waals surface area contributed by atoms with Crippen LogP contribution in [-0.2, 0) is 11.6 Å². The lowest BCUT2D eigenvalue weighted by molar-refractivity contribution is -0.137. The van der Waals surface area contributed by atoms with E-state index in [-0.39, 0.29) is 11.4 Å². The first-order valence-electron chi connectivity index (χ1n) is 7.48. The third-order valence-electron chi connectivity index (χ3n) is 4.33. The Kier molecular flexibility index (Phi) is 3.74. The number of rotatable bonds is 3. The second-order valence-corrected chi connectivity index (χ2v) is 6.03. The van der Waals surface area contributed by atoms with Crippen molar-refractivity contribution in [2.75, 3.05) is 11.5 Å². The standard InChI is InChI=1S/C17H17F3N4/c1-10-13(14(21)24-15(22)23-10)6-7-16(8-9-16)11-2-4-12(5-3-11)17(18,19)20/h2-7H,8-9H2,1H3,(H4,21,22,23,24). The van der Waals surface area contributed by atoms with Crippen molar-refractivity contribution in [3.8, 4) is 0 Å². The van der Waals surface area contributed by atoms with Gasteiger partial charge in [-0.25, -0.2) is 4.98 Å². The molecule has 126 valence electrons. The van der Waals surface area contributed by atoms with Gasteiger partial charge in [0.2, 0.25) is 5.95 Å². The van der Waals surface area contributed by atoms with E-state index in [9.17, 15) is 13.2 Å². The minimum Gasteiger partial charge on any atom is -0.383 e. The number of halogens is 3. The molecule has 0 spiro atoms. The highest BCUT2D eigenvalue weighted by molar-refractivity contribution is 5.66. The zero-order valence-corrected chi connectivity index (χ0v) is 13.1. The second kappa shape index (κ2) is 5.51. The number of nitrogens with two attached hydrogens (primary N) is 2. The summed E-state index contributed by atoms with van der Waals surface area (Å²) in [5.41, 5.74) is 12.7. The van der Waals surface area contributed by atoms with E-state index < -0.39 is 11.7 Å². The van der Waals surface area contributed by atoms with E-state index in [0.29, 0.717) is 17.1 Å². The molecule has 0 amide bonds. The normalized spacial score (nSPS) is 16.5. The molecule has 7 heteroatoms. The van der Waals surface area contributed by atoms with Crippen molar-refractivity contribution in [2.45, 2.75) is 31.4 Å². The van der Waals surface area contributed by atoms with E-state index in [1.807, 2.05) is 12.2 Å². The molecule has 0 radical (unpaired) electrons. The number of benzene rings is 1. The van der Waals surface area contributed by atoms with Gasteiger partial charge in [-0.1, -0.05) is 24.3 Å². The smallest absolute Gasteiger partial charge is 0.383 e. The van der Waals surface area contributed by atoms with Gasteiger partial charge in [-0.05, 0) is 37.5 Å². The number of allylic oxidation sites excluding steroid dienone is 1. The van der Waals surface area contributed by atoms with Gasteiger partial charge in [-0.2, -0.15) is 18.2 Å². The van der Waals surface area contributed by atoms with Gasteiger partial charge in [0.25, 0.3) is 0 Å². The van der Waals surface area contributed by atoms with Crippen molar-refractivity contribution in [3.05, 3.63) is 52.7 Å². The Morgan fingerprint density at radius 3 is 2.21 bits per heavy atom. The molecule has 0 unspecified atom stereocenters. The summed E-state index contributed by atoms with van der Waals surface area (Å²) in [4.78, 5) is 8.01. The molecular formula is C17H17F3N4. The zero-order valence-electron chi connectivity index (χ0n) is 13.1. The van der Waals surface area contributed by atoms with Gasteiger partial charge in [0, 0.05) is 11.0 Å². The average Bonchev–Trinajstić information content (AvgIpc) is 3.26. The van der Waals surface area contributed by atoms with E-state index in [2.05, 4.69) is 9.97 Å². The molecule has 1 aromatic heterocycles. The average molecular weight is 334 g/mol. The minimum atomic E-state index is -4.32. The fourth-order valence-corrected chi connectivity index (χ4v) is 2.75. The van der Waals surface area contributed by atoms with Crippen molar-refractivity contribution >= 4 is 17.8 Å². The highest BCUT2D eigenvalue weighted by atomic mass is 19.4. The van der Waals surface area contributed by atoms with Crippen LogP contribution in [0.3, 0.4) is 0 Å². The van der Waals surface area contributed by atoms with Gasteiger partial charge in [-0.15, -0.1) is 0 Å². The maximum absolute atomic E-state index is 12.7. The second-order valence-electron chi connectivity index (χ2n) is 6.03. The van der Waals surface area contributed by atoms with Crippen LogP contribution in [0.15, 0.2) is 30.3 Å². The molecular weight excluding hydrogens is 317 g/mol. The lowest BCUT2D eigenvalue weighted by atomic mass is 9.93. The first-order chi connectivity index (χ1) is 11.2. The third-order valence-corrected chi connectivity index (χ3v) is 4.33. The Balaban J connectivity index is 1.88. The van der Waals surface area contributed by atoms with Gasteiger partial charge in [0.05, 0.1) is 11.3 Å². The van der Waals surface area contributed by atoms with Gasteiger partial charge < -0.3 is 11.5 Å². The van der Waals surface area contributed by atoms with Crippen LogP contribution >= 0.6 is 0 Å². The molecule has 1 heterocycles. The first kappa shape index (κ1) is 16.3. The number of anilines is 2. The summed E-state index contributed by atoms with van der Waals surface area (Å²) in [6, 6.07) is 5.32. The molecule has 2 aromatic rings. The Labute approximate surface area is 137 Å². The van der Waals surface area contributed by atoms with Gasteiger partial charge in [0.1, 0.15) is 5.82 Å². The van der Waals surface area contributed by atoms with Crippen LogP contribution in [0.2, 0.25) is 0 Å². The van der Waals surface area contributed by atoms with E-state index >= 15 is 0 Å². The highest BCUT2D eigenvalue weighted by Gasteiger charge is 2.42. The molecule has 0 atom stereocenters. The first-order valence-corrected chi connectivity index (χ1v) is 7.48. The van der Waals surface area contributed by atoms with Crippen LogP contribution in [-0.4, -0.2) is 9.97 Å². The highest BCUT2D eigenvalue weighted by Crippen LogP contribution is 2.50. The predicted molar refractivity (Wildman–Crippen MR) is 87.0 cm³/mol. The molecule has 4 nitrogen and oxygen atoms in total. The van der Waals surface area contributed by atoms with Crippen LogP contribution in [0.5, 0.6) is 0 Å². The van der Waals surface area contributed by atoms with Gasteiger partial charge in [-0.3, -0.25) is 0 Å². The number of hydrogen-bond donors (Lipinski definition) is 2. The molecule has 1 aliphatic carbocycles. The molecule has 0 bridgehead atoms. The van der Waals surface area contributed by atoms with E-state index in [4.69, 9.17) is 11.5 Å². The number of alkyl halides is 3. The largest absolute Gasteiger partial charge is 0.416 e. The van der Waals surface area contributed by atoms with E-state index in [1.165, 1.54) is 12.1 Å². The summed E-state index contributed by atoms with van der Waals surface area (Å²) < 4.78 is 38.0. The van der Waals surface area contributed by atoms with Crippen LogP contribution in [0.25, 0.3) is 6.08 Å². The monoisotopic (exact) mass is 334 g/mol. The summed E-state index contributed by atoms with van der Waals surface area (Å²) in [5, 5.41) is 0. The van der Waals surface area contributed by atoms with Crippen LogP contribution in [0.1, 0.15) is 35.2 Å². The Bertz CT molecular complexity index is 767. The van der Waals surface area contributed by atoms with Crippen molar-refractivity contribution < 1.29 is 13.2 Å².